The van der Waals surface area contributed by atoms with Gasteiger partial charge in [0.25, 0.3) is 0 Å². The van der Waals surface area contributed by atoms with Crippen molar-refractivity contribution in [2.24, 2.45) is 0 Å². The highest BCUT2D eigenvalue weighted by Gasteiger charge is 2.23. The summed E-state index contributed by atoms with van der Waals surface area (Å²) in [6.45, 7) is 6.37. The van der Waals surface area contributed by atoms with Gasteiger partial charge in [0.1, 0.15) is 0 Å². The molecule has 1 atom stereocenters. The molecule has 1 aromatic carbocycles. The average Bonchev–Trinajstić information content (AvgIpc) is 2.35. The van der Waals surface area contributed by atoms with Gasteiger partial charge in [0.2, 0.25) is 0 Å². The second-order valence-electron chi connectivity index (χ2n) is 4.80. The van der Waals surface area contributed by atoms with Crippen LogP contribution in [-0.2, 0) is 9.84 Å². The Bertz CT molecular complexity index is 440. The van der Waals surface area contributed by atoms with Gasteiger partial charge in [-0.3, -0.25) is 0 Å². The van der Waals surface area contributed by atoms with E-state index in [4.69, 9.17) is 0 Å². The Morgan fingerprint density at radius 1 is 1.17 bits per heavy atom. The van der Waals surface area contributed by atoms with Gasteiger partial charge in [0.15, 0.2) is 9.84 Å². The van der Waals surface area contributed by atoms with Crippen LogP contribution < -0.4 is 5.32 Å². The predicted octanol–water partition coefficient (Wildman–Crippen LogP) is 2.55. The lowest BCUT2D eigenvalue weighted by molar-refractivity contribution is 0.541. The standard InChI is InChI=1S/C14H23NO2S/c1-4-10-15-14(11-18(16,17)12(2)3)13-8-6-5-7-9-13/h5-9,12,14-15H,4,10-11H2,1-3H3. The van der Waals surface area contributed by atoms with E-state index < -0.39 is 9.84 Å². The molecular weight excluding hydrogens is 246 g/mol. The summed E-state index contributed by atoms with van der Waals surface area (Å²) >= 11 is 0. The molecule has 0 spiro atoms. The molecular formula is C14H23NO2S. The van der Waals surface area contributed by atoms with Crippen LogP contribution >= 0.6 is 0 Å². The number of rotatable bonds is 7. The van der Waals surface area contributed by atoms with Gasteiger partial charge >= 0.3 is 0 Å². The molecule has 0 amide bonds. The quantitative estimate of drug-likeness (QED) is 0.827. The summed E-state index contributed by atoms with van der Waals surface area (Å²) in [4.78, 5) is 0. The molecule has 0 aliphatic rings. The van der Waals surface area contributed by atoms with Crippen molar-refractivity contribution in [1.29, 1.82) is 0 Å². The molecule has 18 heavy (non-hydrogen) atoms. The second kappa shape index (κ2) is 6.90. The highest BCUT2D eigenvalue weighted by molar-refractivity contribution is 7.92. The van der Waals surface area contributed by atoms with Crippen molar-refractivity contribution in [1.82, 2.24) is 5.32 Å². The highest BCUT2D eigenvalue weighted by Crippen LogP contribution is 2.17. The zero-order chi connectivity index (χ0) is 13.6. The minimum absolute atomic E-state index is 0.112. The van der Waals surface area contributed by atoms with Gasteiger partial charge < -0.3 is 5.32 Å². The number of benzene rings is 1. The van der Waals surface area contributed by atoms with Crippen LogP contribution in [0.5, 0.6) is 0 Å². The first-order chi connectivity index (χ1) is 8.47. The third-order valence-electron chi connectivity index (χ3n) is 2.96. The molecule has 102 valence electrons. The molecule has 0 aromatic heterocycles. The lowest BCUT2D eigenvalue weighted by Gasteiger charge is -2.20. The van der Waals surface area contributed by atoms with Crippen molar-refractivity contribution in [2.45, 2.75) is 38.5 Å². The third-order valence-corrected chi connectivity index (χ3v) is 5.19. The molecule has 0 saturated carbocycles. The third kappa shape index (κ3) is 4.42. The summed E-state index contributed by atoms with van der Waals surface area (Å²) in [6.07, 6.45) is 0.991. The van der Waals surface area contributed by atoms with Gasteiger partial charge in [-0.1, -0.05) is 37.3 Å². The molecule has 0 aliphatic carbocycles. The molecule has 0 bridgehead atoms. The summed E-state index contributed by atoms with van der Waals surface area (Å²) in [5.74, 6) is 0.161. The first-order valence-electron chi connectivity index (χ1n) is 6.47. The maximum absolute atomic E-state index is 12.0. The molecule has 3 nitrogen and oxygen atoms in total. The van der Waals surface area contributed by atoms with Crippen LogP contribution in [0.15, 0.2) is 30.3 Å². The smallest absolute Gasteiger partial charge is 0.154 e. The Morgan fingerprint density at radius 3 is 2.28 bits per heavy atom. The average molecular weight is 269 g/mol. The lowest BCUT2D eigenvalue weighted by atomic mass is 10.1. The van der Waals surface area contributed by atoms with Crippen LogP contribution in [0.1, 0.15) is 38.8 Å². The zero-order valence-corrected chi connectivity index (χ0v) is 12.2. The van der Waals surface area contributed by atoms with E-state index in [2.05, 4.69) is 12.2 Å². The van der Waals surface area contributed by atoms with Crippen LogP contribution in [-0.4, -0.2) is 26.0 Å². The summed E-state index contributed by atoms with van der Waals surface area (Å²) in [6, 6.07) is 9.66. The number of nitrogens with one attached hydrogen (secondary N) is 1. The van der Waals surface area contributed by atoms with Crippen LogP contribution in [0.25, 0.3) is 0 Å². The molecule has 0 heterocycles. The van der Waals surface area contributed by atoms with E-state index in [1.54, 1.807) is 13.8 Å². The minimum Gasteiger partial charge on any atom is -0.309 e. The normalized spacial score (nSPS) is 13.8. The SMILES string of the molecule is CCCNC(CS(=O)(=O)C(C)C)c1ccccc1. The van der Waals surface area contributed by atoms with Gasteiger partial charge in [-0.15, -0.1) is 0 Å². The van der Waals surface area contributed by atoms with E-state index in [1.165, 1.54) is 0 Å². The first kappa shape index (κ1) is 15.2. The fraction of sp³-hybridized carbons (Fsp3) is 0.571. The molecule has 1 N–H and O–H groups in total. The van der Waals surface area contributed by atoms with Crippen molar-refractivity contribution >= 4 is 9.84 Å². The maximum atomic E-state index is 12.0. The summed E-state index contributed by atoms with van der Waals surface area (Å²) in [5.41, 5.74) is 1.04. The first-order valence-corrected chi connectivity index (χ1v) is 8.18. The Morgan fingerprint density at radius 2 is 1.78 bits per heavy atom. The highest BCUT2D eigenvalue weighted by atomic mass is 32.2. The van der Waals surface area contributed by atoms with Gasteiger partial charge in [-0.05, 0) is 32.4 Å². The number of sulfone groups is 1. The van der Waals surface area contributed by atoms with Crippen LogP contribution in [0.2, 0.25) is 0 Å². The van der Waals surface area contributed by atoms with E-state index in [0.717, 1.165) is 18.5 Å². The summed E-state index contributed by atoms with van der Waals surface area (Å²) in [5, 5.41) is 2.99. The van der Waals surface area contributed by atoms with E-state index >= 15 is 0 Å². The van der Waals surface area contributed by atoms with E-state index in [9.17, 15) is 8.42 Å². The maximum Gasteiger partial charge on any atom is 0.154 e. The van der Waals surface area contributed by atoms with Crippen molar-refractivity contribution < 1.29 is 8.42 Å². The van der Waals surface area contributed by atoms with E-state index in [-0.39, 0.29) is 17.0 Å². The largest absolute Gasteiger partial charge is 0.309 e. The van der Waals surface area contributed by atoms with E-state index in [1.807, 2.05) is 30.3 Å². The fourth-order valence-electron chi connectivity index (χ4n) is 1.70. The van der Waals surface area contributed by atoms with Gasteiger partial charge in [-0.25, -0.2) is 8.42 Å². The lowest BCUT2D eigenvalue weighted by Crippen LogP contribution is -2.31. The summed E-state index contributed by atoms with van der Waals surface area (Å²) < 4.78 is 24.1. The van der Waals surface area contributed by atoms with Gasteiger partial charge in [0, 0.05) is 6.04 Å². The Labute approximate surface area is 111 Å². The van der Waals surface area contributed by atoms with Crippen LogP contribution in [0, 0.1) is 0 Å². The molecule has 0 radical (unpaired) electrons. The Hall–Kier alpha value is -0.870. The van der Waals surface area contributed by atoms with Crippen LogP contribution in [0.4, 0.5) is 0 Å². The Balaban J connectivity index is 2.86. The van der Waals surface area contributed by atoms with Crippen molar-refractivity contribution in [3.63, 3.8) is 0 Å². The molecule has 1 rings (SSSR count). The van der Waals surface area contributed by atoms with Gasteiger partial charge in [0.05, 0.1) is 11.0 Å². The molecule has 0 aliphatic heterocycles. The van der Waals surface area contributed by atoms with Crippen molar-refractivity contribution in [3.05, 3.63) is 35.9 Å². The molecule has 4 heteroatoms. The molecule has 0 fully saturated rings. The topological polar surface area (TPSA) is 46.2 Å². The molecule has 1 unspecified atom stereocenters. The Kier molecular flexibility index (Phi) is 5.82. The predicted molar refractivity (Wildman–Crippen MR) is 76.4 cm³/mol. The van der Waals surface area contributed by atoms with Crippen LogP contribution in [0.3, 0.4) is 0 Å². The minimum atomic E-state index is -3.04. The zero-order valence-electron chi connectivity index (χ0n) is 11.4. The van der Waals surface area contributed by atoms with Crippen molar-refractivity contribution in [3.8, 4) is 0 Å². The van der Waals surface area contributed by atoms with Gasteiger partial charge in [-0.2, -0.15) is 0 Å². The number of hydrogen-bond donors (Lipinski definition) is 1. The van der Waals surface area contributed by atoms with E-state index in [0.29, 0.717) is 0 Å². The second-order valence-corrected chi connectivity index (χ2v) is 7.40. The van der Waals surface area contributed by atoms with Crippen molar-refractivity contribution in [2.75, 3.05) is 12.3 Å². The summed E-state index contributed by atoms with van der Waals surface area (Å²) in [7, 11) is -3.04. The monoisotopic (exact) mass is 269 g/mol. The fourth-order valence-corrected chi connectivity index (χ4v) is 2.86. The molecule has 1 aromatic rings. The molecule has 0 saturated heterocycles. The number of hydrogen-bond acceptors (Lipinski definition) is 3.